The first-order valence-corrected chi connectivity index (χ1v) is 6.79. The third-order valence-corrected chi connectivity index (χ3v) is 3.54. The van der Waals surface area contributed by atoms with E-state index < -0.39 is 6.10 Å². The largest absolute Gasteiger partial charge is 0.388 e. The monoisotopic (exact) mass is 270 g/mol. The number of aromatic nitrogens is 4. The summed E-state index contributed by atoms with van der Waals surface area (Å²) in [6, 6.07) is 8.06. The Labute approximate surface area is 117 Å². The molecule has 2 heterocycles. The van der Waals surface area contributed by atoms with Crippen LogP contribution in [0.3, 0.4) is 0 Å². The predicted octanol–water partition coefficient (Wildman–Crippen LogP) is 2.07. The van der Waals surface area contributed by atoms with Crippen LogP contribution in [0, 0.1) is 0 Å². The minimum absolute atomic E-state index is 0.494. The molecule has 0 aliphatic rings. The molecule has 20 heavy (non-hydrogen) atoms. The lowest BCUT2D eigenvalue weighted by Crippen LogP contribution is -2.08. The topological polar surface area (TPSA) is 55.9 Å². The van der Waals surface area contributed by atoms with Crippen LogP contribution < -0.4 is 0 Å². The summed E-state index contributed by atoms with van der Waals surface area (Å²) in [5, 5.41) is 14.4. The Kier molecular flexibility index (Phi) is 3.28. The zero-order valence-corrected chi connectivity index (χ0v) is 11.7. The standard InChI is InChI=1S/C15H18N4O/c1-3-19-13-7-5-4-6-12(13)17-15(19)8-14(20)11-9-16-18(2)10-11/h4-7,9-10,14,20H,3,8H2,1-2H3. The molecule has 104 valence electrons. The number of hydrogen-bond donors (Lipinski definition) is 1. The van der Waals surface area contributed by atoms with Crippen molar-refractivity contribution in [2.45, 2.75) is 26.0 Å². The van der Waals surface area contributed by atoms with Gasteiger partial charge in [-0.2, -0.15) is 5.10 Å². The molecule has 1 aromatic carbocycles. The van der Waals surface area contributed by atoms with E-state index in [-0.39, 0.29) is 0 Å². The molecular formula is C15H18N4O. The van der Waals surface area contributed by atoms with Crippen molar-refractivity contribution in [3.63, 3.8) is 0 Å². The van der Waals surface area contributed by atoms with Crippen molar-refractivity contribution in [3.05, 3.63) is 48.0 Å². The van der Waals surface area contributed by atoms with Crippen molar-refractivity contribution in [3.8, 4) is 0 Å². The van der Waals surface area contributed by atoms with Crippen LogP contribution in [0.4, 0.5) is 0 Å². The van der Waals surface area contributed by atoms with Crippen LogP contribution in [0.15, 0.2) is 36.7 Å². The Hall–Kier alpha value is -2.14. The van der Waals surface area contributed by atoms with Crippen molar-refractivity contribution in [2.75, 3.05) is 0 Å². The van der Waals surface area contributed by atoms with Gasteiger partial charge in [0.05, 0.1) is 23.3 Å². The van der Waals surface area contributed by atoms with Crippen molar-refractivity contribution in [2.24, 2.45) is 7.05 Å². The van der Waals surface area contributed by atoms with Crippen molar-refractivity contribution < 1.29 is 5.11 Å². The third kappa shape index (κ3) is 2.20. The summed E-state index contributed by atoms with van der Waals surface area (Å²) in [5.74, 6) is 0.907. The average Bonchev–Trinajstić information content (AvgIpc) is 3.01. The van der Waals surface area contributed by atoms with E-state index in [1.165, 1.54) is 0 Å². The highest BCUT2D eigenvalue weighted by atomic mass is 16.3. The smallest absolute Gasteiger partial charge is 0.112 e. The van der Waals surface area contributed by atoms with E-state index in [0.29, 0.717) is 6.42 Å². The van der Waals surface area contributed by atoms with Gasteiger partial charge in [0.15, 0.2) is 0 Å². The lowest BCUT2D eigenvalue weighted by Gasteiger charge is -2.10. The van der Waals surface area contributed by atoms with Gasteiger partial charge < -0.3 is 9.67 Å². The van der Waals surface area contributed by atoms with Crippen molar-refractivity contribution in [1.29, 1.82) is 0 Å². The van der Waals surface area contributed by atoms with E-state index in [1.807, 2.05) is 31.4 Å². The van der Waals surface area contributed by atoms with E-state index in [9.17, 15) is 5.11 Å². The molecular weight excluding hydrogens is 252 g/mol. The van der Waals surface area contributed by atoms with Crippen LogP contribution in [-0.4, -0.2) is 24.4 Å². The van der Waals surface area contributed by atoms with Gasteiger partial charge in [-0.05, 0) is 19.1 Å². The molecule has 5 heteroatoms. The van der Waals surface area contributed by atoms with E-state index >= 15 is 0 Å². The van der Waals surface area contributed by atoms with Gasteiger partial charge in [0.25, 0.3) is 0 Å². The highest BCUT2D eigenvalue weighted by molar-refractivity contribution is 5.75. The number of rotatable bonds is 4. The maximum atomic E-state index is 10.3. The van der Waals surface area contributed by atoms with Gasteiger partial charge in [-0.25, -0.2) is 4.98 Å². The van der Waals surface area contributed by atoms with Gasteiger partial charge in [0.2, 0.25) is 0 Å². The number of aryl methyl sites for hydroxylation is 2. The predicted molar refractivity (Wildman–Crippen MR) is 77.3 cm³/mol. The van der Waals surface area contributed by atoms with Gasteiger partial charge in [0, 0.05) is 31.8 Å². The number of aliphatic hydroxyl groups excluding tert-OH is 1. The molecule has 1 N–H and O–H groups in total. The van der Waals surface area contributed by atoms with E-state index in [1.54, 1.807) is 10.9 Å². The zero-order chi connectivity index (χ0) is 14.1. The van der Waals surface area contributed by atoms with E-state index in [4.69, 9.17) is 0 Å². The number of nitrogens with zero attached hydrogens (tertiary/aromatic N) is 4. The molecule has 1 unspecified atom stereocenters. The first-order valence-electron chi connectivity index (χ1n) is 6.79. The molecule has 0 spiro atoms. The SMILES string of the molecule is CCn1c(CC(O)c2cnn(C)c2)nc2ccccc21. The quantitative estimate of drug-likeness (QED) is 0.789. The lowest BCUT2D eigenvalue weighted by molar-refractivity contribution is 0.174. The van der Waals surface area contributed by atoms with Crippen LogP contribution in [0.25, 0.3) is 11.0 Å². The molecule has 0 aliphatic heterocycles. The summed E-state index contributed by atoms with van der Waals surface area (Å²) in [6.45, 7) is 2.93. The molecule has 0 radical (unpaired) electrons. The van der Waals surface area contributed by atoms with Gasteiger partial charge >= 0.3 is 0 Å². The molecule has 5 nitrogen and oxygen atoms in total. The van der Waals surface area contributed by atoms with Crippen molar-refractivity contribution in [1.82, 2.24) is 19.3 Å². The Morgan fingerprint density at radius 1 is 1.30 bits per heavy atom. The fraction of sp³-hybridized carbons (Fsp3) is 0.333. The summed E-state index contributed by atoms with van der Waals surface area (Å²) in [6.07, 6.45) is 3.45. The van der Waals surface area contributed by atoms with Crippen LogP contribution in [0.2, 0.25) is 0 Å². The molecule has 0 amide bonds. The van der Waals surface area contributed by atoms with E-state index in [0.717, 1.165) is 29.0 Å². The first-order chi connectivity index (χ1) is 9.69. The van der Waals surface area contributed by atoms with Gasteiger partial charge in [0.1, 0.15) is 5.82 Å². The molecule has 0 saturated carbocycles. The average molecular weight is 270 g/mol. The van der Waals surface area contributed by atoms with Crippen LogP contribution in [0.1, 0.15) is 24.4 Å². The Morgan fingerprint density at radius 3 is 2.80 bits per heavy atom. The summed E-state index contributed by atoms with van der Waals surface area (Å²) >= 11 is 0. The molecule has 0 bridgehead atoms. The van der Waals surface area contributed by atoms with E-state index in [2.05, 4.69) is 27.6 Å². The number of imidazole rings is 1. The molecule has 1 atom stereocenters. The molecule has 0 fully saturated rings. The second-order valence-corrected chi connectivity index (χ2v) is 4.93. The first kappa shape index (κ1) is 12.9. The number of para-hydroxylation sites is 2. The maximum absolute atomic E-state index is 10.3. The molecule has 0 saturated heterocycles. The third-order valence-electron chi connectivity index (χ3n) is 3.54. The normalized spacial score (nSPS) is 12.9. The van der Waals surface area contributed by atoms with Crippen LogP contribution in [-0.2, 0) is 20.0 Å². The summed E-state index contributed by atoms with van der Waals surface area (Å²) in [4.78, 5) is 4.63. The second-order valence-electron chi connectivity index (χ2n) is 4.93. The zero-order valence-electron chi connectivity index (χ0n) is 11.7. The van der Waals surface area contributed by atoms with Crippen molar-refractivity contribution >= 4 is 11.0 Å². The number of fused-ring (bicyclic) bond motifs is 1. The molecule has 0 aliphatic carbocycles. The minimum atomic E-state index is -0.578. The summed E-state index contributed by atoms with van der Waals surface area (Å²) < 4.78 is 3.84. The Morgan fingerprint density at radius 2 is 2.10 bits per heavy atom. The highest BCUT2D eigenvalue weighted by Crippen LogP contribution is 2.21. The Bertz CT molecular complexity index is 728. The number of benzene rings is 1. The fourth-order valence-electron chi connectivity index (χ4n) is 2.54. The van der Waals surface area contributed by atoms with Gasteiger partial charge in [-0.3, -0.25) is 4.68 Å². The van der Waals surface area contributed by atoms with Gasteiger partial charge in [-0.1, -0.05) is 12.1 Å². The molecule has 2 aromatic heterocycles. The van der Waals surface area contributed by atoms with Crippen LogP contribution in [0.5, 0.6) is 0 Å². The minimum Gasteiger partial charge on any atom is -0.388 e. The lowest BCUT2D eigenvalue weighted by atomic mass is 10.1. The summed E-state index contributed by atoms with van der Waals surface area (Å²) in [5.41, 5.74) is 2.91. The molecule has 3 rings (SSSR count). The highest BCUT2D eigenvalue weighted by Gasteiger charge is 2.16. The maximum Gasteiger partial charge on any atom is 0.112 e. The van der Waals surface area contributed by atoms with Crippen LogP contribution >= 0.6 is 0 Å². The van der Waals surface area contributed by atoms with Gasteiger partial charge in [-0.15, -0.1) is 0 Å². The Balaban J connectivity index is 1.94. The molecule has 3 aromatic rings. The number of aliphatic hydroxyl groups is 1. The summed E-state index contributed by atoms with van der Waals surface area (Å²) in [7, 11) is 1.84. The number of hydrogen-bond acceptors (Lipinski definition) is 3. The second kappa shape index (κ2) is 5.09. The fourth-order valence-corrected chi connectivity index (χ4v) is 2.54.